The second-order valence-corrected chi connectivity index (χ2v) is 28.8. The molecule has 1 aliphatic rings. The normalized spacial score (nSPS) is 16.5. The van der Waals surface area contributed by atoms with Gasteiger partial charge in [-0.3, -0.25) is 18.9 Å². The van der Waals surface area contributed by atoms with Crippen LogP contribution in [0.2, 0.25) is 0 Å². The molecule has 1 saturated heterocycles. The van der Waals surface area contributed by atoms with E-state index in [9.17, 15) is 14.4 Å². The Hall–Kier alpha value is -6.60. The summed E-state index contributed by atoms with van der Waals surface area (Å²) in [5.41, 5.74) is 1.98. The first kappa shape index (κ1) is 79.4. The summed E-state index contributed by atoms with van der Waals surface area (Å²) >= 11 is 0. The number of ether oxygens (including phenoxy) is 6. The molecule has 6 atom stereocenters. The lowest BCUT2D eigenvalue weighted by Crippen LogP contribution is -2.68. The van der Waals surface area contributed by atoms with Crippen LogP contribution in [0.4, 0.5) is 4.79 Å². The Morgan fingerprint density at radius 1 is 0.454 bits per heavy atom. The molecule has 0 unspecified atom stereocenters. The molecule has 15 heteroatoms. The Kier molecular flexibility index (Phi) is 39.4. The van der Waals surface area contributed by atoms with Gasteiger partial charge in [0.15, 0.2) is 18.3 Å². The van der Waals surface area contributed by atoms with E-state index < -0.39 is 86.6 Å². The molecule has 532 valence electrons. The van der Waals surface area contributed by atoms with E-state index in [-0.39, 0.29) is 36.5 Å². The quantitative estimate of drug-likeness (QED) is 0.0168. The molecule has 0 aromatic heterocycles. The summed E-state index contributed by atoms with van der Waals surface area (Å²) in [6.07, 6.45) is 24.4. The van der Waals surface area contributed by atoms with Crippen molar-refractivity contribution in [2.75, 3.05) is 6.61 Å². The van der Waals surface area contributed by atoms with Crippen molar-refractivity contribution in [3.05, 3.63) is 168 Å². The van der Waals surface area contributed by atoms with Crippen LogP contribution in [0, 0.1) is 0 Å². The van der Waals surface area contributed by atoms with E-state index in [2.05, 4.69) is 26.1 Å². The number of rotatable bonds is 51. The van der Waals surface area contributed by atoms with Crippen molar-refractivity contribution in [2.45, 2.75) is 295 Å². The lowest BCUT2D eigenvalue weighted by molar-refractivity contribution is -0.217. The molecular weight excluding hydrogens is 1240 g/mol. The van der Waals surface area contributed by atoms with E-state index in [4.69, 9.17) is 32.9 Å². The Balaban J connectivity index is 1.38. The molecule has 5 aromatic carbocycles. The maximum atomic E-state index is 16.4. The number of hydrogen-bond acceptors (Lipinski definition) is 13. The van der Waals surface area contributed by atoms with Crippen molar-refractivity contribution in [1.29, 1.82) is 0 Å². The Morgan fingerprint density at radius 3 is 1.33 bits per heavy atom. The molecule has 97 heavy (non-hydrogen) atoms. The van der Waals surface area contributed by atoms with Crippen LogP contribution in [-0.4, -0.2) is 73.1 Å². The maximum Gasteiger partial charge on any atom is 0.508 e. The molecule has 5 aromatic rings. The molecular formula is C82H116NO13P. The zero-order valence-corrected chi connectivity index (χ0v) is 59.8. The van der Waals surface area contributed by atoms with Gasteiger partial charge in [0.05, 0.1) is 6.42 Å². The molecule has 1 fully saturated rings. The average Bonchev–Trinajstić information content (AvgIpc) is 0.760. The summed E-state index contributed by atoms with van der Waals surface area (Å²) in [6.45, 7) is 5.87. The second-order valence-electron chi connectivity index (χ2n) is 26.4. The second kappa shape index (κ2) is 48.2. The monoisotopic (exact) mass is 1350 g/mol. The fourth-order valence-corrected chi connectivity index (χ4v) is 15.0. The highest BCUT2D eigenvalue weighted by Gasteiger charge is 2.55. The third-order valence-corrected chi connectivity index (χ3v) is 20.8. The summed E-state index contributed by atoms with van der Waals surface area (Å²) in [7, 11) is -4.31. The zero-order chi connectivity index (χ0) is 68.8. The molecule has 0 radical (unpaired) electrons. The summed E-state index contributed by atoms with van der Waals surface area (Å²) < 4.78 is 61.5. The maximum absolute atomic E-state index is 16.4. The number of unbranched alkanes of at least 4 members (excludes halogenated alkanes) is 28. The molecule has 1 amide bonds. The van der Waals surface area contributed by atoms with Crippen molar-refractivity contribution in [3.8, 4) is 0 Å². The van der Waals surface area contributed by atoms with Crippen molar-refractivity contribution in [2.24, 2.45) is 0 Å². The Labute approximate surface area is 581 Å². The third kappa shape index (κ3) is 30.6. The van der Waals surface area contributed by atoms with Gasteiger partial charge in [-0.25, -0.2) is 9.59 Å². The molecule has 0 saturated carbocycles. The van der Waals surface area contributed by atoms with Gasteiger partial charge in [-0.1, -0.05) is 328 Å². The van der Waals surface area contributed by atoms with Gasteiger partial charge in [-0.05, 0) is 66.6 Å². The van der Waals surface area contributed by atoms with Crippen LogP contribution >= 0.6 is 7.37 Å². The average molecular weight is 1350 g/mol. The van der Waals surface area contributed by atoms with Crippen molar-refractivity contribution >= 4 is 47.9 Å². The van der Waals surface area contributed by atoms with Gasteiger partial charge < -0.3 is 38.3 Å². The van der Waals surface area contributed by atoms with Crippen LogP contribution in [0.3, 0.4) is 0 Å². The molecule has 1 aliphatic heterocycles. The Morgan fingerprint density at radius 2 is 0.866 bits per heavy atom. The van der Waals surface area contributed by atoms with Gasteiger partial charge in [-0.2, -0.15) is 0 Å². The standard InChI is InChI=1S/C82H116NO13P/c1-4-7-10-13-16-19-21-24-27-30-48-61-73(84)83-76-79(94-75(86)63-69(56-43-29-26-23-18-15-12-9-6-3)92-74(85)62-49-31-28-25-22-20-17-14-11-8-5-2)78(96-97(89,70-57-44-35-45-58-70)71-59-46-36-47-60-71)72(65-91-82(88)90-64-66-50-37-32-38-51-66)93-80(76)81(87)95-77(67-52-39-33-40-53-67)68-54-41-34-42-55-68/h32-42,44-47,50-55,57-60,69,72,76-80H,4-31,43,48-49,56,61-65H2,1-3H3,(H,83,84)/t69-,72-,76-,78-,79-,80+/m1/s1. The fraction of sp³-hybridized carbons (Fsp3) is 0.573. The van der Waals surface area contributed by atoms with E-state index >= 15 is 14.2 Å². The van der Waals surface area contributed by atoms with Crippen LogP contribution in [0.1, 0.15) is 268 Å². The van der Waals surface area contributed by atoms with Gasteiger partial charge in [0.1, 0.15) is 37.6 Å². The van der Waals surface area contributed by atoms with E-state index in [1.165, 1.54) is 109 Å². The molecule has 0 aliphatic carbocycles. The van der Waals surface area contributed by atoms with Gasteiger partial charge in [0, 0.05) is 23.5 Å². The molecule has 6 rings (SSSR count). The van der Waals surface area contributed by atoms with E-state index in [1.54, 1.807) is 72.8 Å². The Bertz CT molecular complexity index is 2870. The highest BCUT2D eigenvalue weighted by atomic mass is 31.2. The first-order valence-electron chi connectivity index (χ1n) is 37.4. The number of esters is 3. The van der Waals surface area contributed by atoms with Crippen LogP contribution < -0.4 is 15.9 Å². The van der Waals surface area contributed by atoms with Gasteiger partial charge >= 0.3 is 24.1 Å². The number of carbonyl (C=O) groups excluding carboxylic acids is 5. The van der Waals surface area contributed by atoms with Gasteiger partial charge in [0.2, 0.25) is 5.91 Å². The van der Waals surface area contributed by atoms with Crippen molar-refractivity contribution in [3.63, 3.8) is 0 Å². The highest BCUT2D eigenvalue weighted by Crippen LogP contribution is 2.49. The van der Waals surface area contributed by atoms with Crippen LogP contribution in [0.5, 0.6) is 0 Å². The summed E-state index contributed by atoms with van der Waals surface area (Å²) in [4.78, 5) is 73.6. The predicted molar refractivity (Wildman–Crippen MR) is 387 cm³/mol. The first-order chi connectivity index (χ1) is 47.5. The van der Waals surface area contributed by atoms with Gasteiger partial charge in [-0.15, -0.1) is 0 Å². The molecule has 0 bridgehead atoms. The summed E-state index contributed by atoms with van der Waals surface area (Å²) in [5, 5.41) is 3.66. The molecule has 1 N–H and O–H groups in total. The molecule has 14 nitrogen and oxygen atoms in total. The number of amides is 1. The van der Waals surface area contributed by atoms with Crippen LogP contribution in [-0.2, 0) is 63.3 Å². The van der Waals surface area contributed by atoms with Gasteiger partial charge in [0.25, 0.3) is 7.37 Å². The summed E-state index contributed by atoms with van der Waals surface area (Å²) in [6, 6.07) is 43.2. The minimum Gasteiger partial charge on any atom is -0.462 e. The number of carbonyl (C=O) groups is 5. The number of benzene rings is 5. The fourth-order valence-electron chi connectivity index (χ4n) is 12.7. The van der Waals surface area contributed by atoms with E-state index in [0.29, 0.717) is 42.4 Å². The molecule has 0 spiro atoms. The van der Waals surface area contributed by atoms with Crippen molar-refractivity contribution in [1.82, 2.24) is 5.32 Å². The van der Waals surface area contributed by atoms with Crippen molar-refractivity contribution < 1.29 is 61.5 Å². The number of nitrogens with one attached hydrogen (secondary N) is 1. The lowest BCUT2D eigenvalue weighted by Gasteiger charge is -2.46. The minimum atomic E-state index is -4.31. The number of hydrogen-bond donors (Lipinski definition) is 1. The highest BCUT2D eigenvalue weighted by molar-refractivity contribution is 7.74. The molecule has 1 heterocycles. The van der Waals surface area contributed by atoms with E-state index in [1.807, 2.05) is 78.9 Å². The van der Waals surface area contributed by atoms with Crippen LogP contribution in [0.15, 0.2) is 152 Å². The zero-order valence-electron chi connectivity index (χ0n) is 58.9. The predicted octanol–water partition coefficient (Wildman–Crippen LogP) is 19.8. The minimum absolute atomic E-state index is 0.0559. The first-order valence-corrected chi connectivity index (χ1v) is 39.0. The lowest BCUT2D eigenvalue weighted by atomic mass is 9.91. The SMILES string of the molecule is CCCCCCCCCCCCCC(=O)N[C@@H]1[C@@H](OC(=O)C[C@@H](CCCCCCCCCCC)OC(=O)CCCCCCCCCCCCC)[C@H](OP(=O)(c2ccccc2)c2ccccc2)[C@@H](COC(=O)OCc2ccccc2)O[C@@H]1C(=O)OC(c1ccccc1)c1ccccc1. The van der Waals surface area contributed by atoms with E-state index in [0.717, 1.165) is 70.6 Å². The topological polar surface area (TPSA) is 179 Å². The largest absolute Gasteiger partial charge is 0.508 e. The third-order valence-electron chi connectivity index (χ3n) is 18.3. The van der Waals surface area contributed by atoms with Crippen LogP contribution in [0.25, 0.3) is 0 Å². The smallest absolute Gasteiger partial charge is 0.462 e. The summed E-state index contributed by atoms with van der Waals surface area (Å²) in [5.74, 6) is -2.63.